The van der Waals surface area contributed by atoms with Crippen molar-refractivity contribution in [1.82, 2.24) is 0 Å². The fourth-order valence-corrected chi connectivity index (χ4v) is 3.47. The Hall–Kier alpha value is -2.74. The van der Waals surface area contributed by atoms with Gasteiger partial charge < -0.3 is 9.84 Å². The highest BCUT2D eigenvalue weighted by atomic mass is 16.5. The fourth-order valence-electron chi connectivity index (χ4n) is 3.47. The summed E-state index contributed by atoms with van der Waals surface area (Å²) in [5.41, 5.74) is 5.70. The first-order chi connectivity index (χ1) is 11.5. The molecular weight excluding hydrogens is 296 g/mol. The van der Waals surface area contributed by atoms with Crippen LogP contribution in [0.3, 0.4) is 0 Å². The van der Waals surface area contributed by atoms with Gasteiger partial charge in [0.25, 0.3) is 0 Å². The van der Waals surface area contributed by atoms with Crippen molar-refractivity contribution in [2.24, 2.45) is 0 Å². The van der Waals surface area contributed by atoms with E-state index in [1.54, 1.807) is 0 Å². The number of phenolic OH excluding ortho intramolecular Hbond substituents is 1. The summed E-state index contributed by atoms with van der Waals surface area (Å²) in [6.45, 7) is 6.20. The lowest BCUT2D eigenvalue weighted by atomic mass is 9.84. The highest BCUT2D eigenvalue weighted by Crippen LogP contribution is 2.50. The first-order valence-electron chi connectivity index (χ1n) is 8.19. The van der Waals surface area contributed by atoms with Crippen LogP contribution in [0.25, 0.3) is 22.3 Å². The van der Waals surface area contributed by atoms with E-state index in [1.807, 2.05) is 42.5 Å². The van der Waals surface area contributed by atoms with Crippen molar-refractivity contribution >= 4 is 0 Å². The van der Waals surface area contributed by atoms with Crippen molar-refractivity contribution in [3.63, 3.8) is 0 Å². The Morgan fingerprint density at radius 1 is 0.875 bits per heavy atom. The predicted molar refractivity (Wildman–Crippen MR) is 97.4 cm³/mol. The van der Waals surface area contributed by atoms with Gasteiger partial charge in [0.15, 0.2) is 0 Å². The molecule has 2 nitrogen and oxygen atoms in total. The quantitative estimate of drug-likeness (QED) is 0.627. The van der Waals surface area contributed by atoms with Crippen LogP contribution in [0.5, 0.6) is 11.5 Å². The molecule has 0 unspecified atom stereocenters. The monoisotopic (exact) mass is 316 g/mol. The van der Waals surface area contributed by atoms with Gasteiger partial charge in [-0.3, -0.25) is 0 Å². The normalized spacial score (nSPS) is 14.5. The minimum absolute atomic E-state index is 0.258. The van der Waals surface area contributed by atoms with E-state index in [2.05, 4.69) is 39.0 Å². The van der Waals surface area contributed by atoms with Crippen molar-refractivity contribution in [3.05, 3.63) is 71.8 Å². The van der Waals surface area contributed by atoms with E-state index in [1.165, 1.54) is 5.56 Å². The number of phenols is 1. The number of fused-ring (bicyclic) bond motifs is 3. The molecule has 2 heteroatoms. The number of aromatic hydroxyl groups is 1. The molecule has 24 heavy (non-hydrogen) atoms. The van der Waals surface area contributed by atoms with Crippen molar-refractivity contribution in [1.29, 1.82) is 0 Å². The van der Waals surface area contributed by atoms with Gasteiger partial charge in [-0.1, -0.05) is 54.1 Å². The second kappa shape index (κ2) is 5.13. The highest BCUT2D eigenvalue weighted by molar-refractivity contribution is 5.85. The minimum Gasteiger partial charge on any atom is -0.507 e. The van der Waals surface area contributed by atoms with Crippen LogP contribution in [0.1, 0.15) is 25.0 Å². The Kier molecular flexibility index (Phi) is 3.17. The van der Waals surface area contributed by atoms with Crippen molar-refractivity contribution in [2.45, 2.75) is 26.4 Å². The Balaban J connectivity index is 1.97. The molecule has 0 radical (unpaired) electrons. The lowest BCUT2D eigenvalue weighted by molar-refractivity contribution is 0.105. The van der Waals surface area contributed by atoms with Crippen LogP contribution in [0.15, 0.2) is 60.7 Å². The summed E-state index contributed by atoms with van der Waals surface area (Å²) in [7, 11) is 0. The molecule has 0 atom stereocenters. The molecule has 0 fully saturated rings. The van der Waals surface area contributed by atoms with Crippen LogP contribution in [-0.2, 0) is 5.60 Å². The maximum absolute atomic E-state index is 10.7. The van der Waals surface area contributed by atoms with Crippen LogP contribution in [-0.4, -0.2) is 5.11 Å². The molecule has 4 rings (SSSR count). The van der Waals surface area contributed by atoms with Crippen LogP contribution >= 0.6 is 0 Å². The molecule has 1 N–H and O–H groups in total. The standard InChI is InChI=1S/C22H20O2/c1-14-9-10-18-17(11-14)21-19(23)12-16(15-7-5-4-6-8-15)13-20(21)24-22(18,2)3/h4-13,23H,1-3H3. The van der Waals surface area contributed by atoms with E-state index in [9.17, 15) is 5.11 Å². The van der Waals surface area contributed by atoms with Gasteiger partial charge in [-0.05, 0) is 49.6 Å². The Bertz CT molecular complexity index is 924. The van der Waals surface area contributed by atoms with Crippen LogP contribution in [0.4, 0.5) is 0 Å². The number of rotatable bonds is 1. The Labute approximate surface area is 142 Å². The third kappa shape index (κ3) is 2.26. The molecule has 0 spiro atoms. The third-order valence-corrected chi connectivity index (χ3v) is 4.65. The summed E-state index contributed by atoms with van der Waals surface area (Å²) in [5, 5.41) is 10.7. The minimum atomic E-state index is -0.433. The molecule has 0 aliphatic carbocycles. The van der Waals surface area contributed by atoms with Gasteiger partial charge >= 0.3 is 0 Å². The zero-order chi connectivity index (χ0) is 16.9. The largest absolute Gasteiger partial charge is 0.507 e. The van der Waals surface area contributed by atoms with Gasteiger partial charge in [-0.25, -0.2) is 0 Å². The summed E-state index contributed by atoms with van der Waals surface area (Å²) in [5.74, 6) is 0.991. The lowest BCUT2D eigenvalue weighted by Crippen LogP contribution is -2.29. The van der Waals surface area contributed by atoms with Crippen molar-refractivity contribution in [3.8, 4) is 33.8 Å². The van der Waals surface area contributed by atoms with Gasteiger partial charge in [0, 0.05) is 5.56 Å². The molecule has 0 saturated carbocycles. The molecule has 0 bridgehead atoms. The molecule has 3 aromatic carbocycles. The fraction of sp³-hybridized carbons (Fsp3) is 0.182. The Morgan fingerprint density at radius 3 is 2.38 bits per heavy atom. The molecule has 0 amide bonds. The zero-order valence-corrected chi connectivity index (χ0v) is 14.1. The van der Waals surface area contributed by atoms with E-state index in [4.69, 9.17) is 4.74 Å². The topological polar surface area (TPSA) is 29.5 Å². The van der Waals surface area contributed by atoms with Crippen molar-refractivity contribution in [2.75, 3.05) is 0 Å². The molecule has 3 aromatic rings. The smallest absolute Gasteiger partial charge is 0.132 e. The van der Waals surface area contributed by atoms with Gasteiger partial charge in [-0.2, -0.15) is 0 Å². The van der Waals surface area contributed by atoms with E-state index >= 15 is 0 Å². The molecule has 1 aliphatic heterocycles. The highest BCUT2D eigenvalue weighted by Gasteiger charge is 2.34. The average molecular weight is 316 g/mol. The molecule has 120 valence electrons. The molecule has 0 aromatic heterocycles. The number of benzene rings is 3. The second-order valence-electron chi connectivity index (χ2n) is 6.90. The zero-order valence-electron chi connectivity index (χ0n) is 14.1. The SMILES string of the molecule is Cc1ccc2c(c1)-c1c(O)cc(-c3ccccc3)cc1OC2(C)C. The molecule has 0 saturated heterocycles. The first-order valence-corrected chi connectivity index (χ1v) is 8.19. The van der Waals surface area contributed by atoms with Crippen LogP contribution in [0, 0.1) is 6.92 Å². The van der Waals surface area contributed by atoms with Gasteiger partial charge in [0.1, 0.15) is 17.1 Å². The number of hydrogen-bond donors (Lipinski definition) is 1. The van der Waals surface area contributed by atoms with Crippen LogP contribution in [0.2, 0.25) is 0 Å². The lowest BCUT2D eigenvalue weighted by Gasteiger charge is -2.35. The Morgan fingerprint density at radius 2 is 1.62 bits per heavy atom. The molecule has 1 aliphatic rings. The van der Waals surface area contributed by atoms with Crippen LogP contribution < -0.4 is 4.74 Å². The van der Waals surface area contributed by atoms with Gasteiger partial charge in [-0.15, -0.1) is 0 Å². The summed E-state index contributed by atoms with van der Waals surface area (Å²) < 4.78 is 6.27. The summed E-state index contributed by atoms with van der Waals surface area (Å²) >= 11 is 0. The number of hydrogen-bond acceptors (Lipinski definition) is 2. The summed E-state index contributed by atoms with van der Waals surface area (Å²) in [6, 6.07) is 20.2. The predicted octanol–water partition coefficient (Wildman–Crippen LogP) is 5.66. The van der Waals surface area contributed by atoms with Gasteiger partial charge in [0.2, 0.25) is 0 Å². The maximum atomic E-state index is 10.7. The third-order valence-electron chi connectivity index (χ3n) is 4.65. The second-order valence-corrected chi connectivity index (χ2v) is 6.90. The van der Waals surface area contributed by atoms with E-state index < -0.39 is 5.60 Å². The first kappa shape index (κ1) is 14.8. The van der Waals surface area contributed by atoms with E-state index in [0.29, 0.717) is 0 Å². The number of aryl methyl sites for hydroxylation is 1. The van der Waals surface area contributed by atoms with Crippen molar-refractivity contribution < 1.29 is 9.84 Å². The maximum Gasteiger partial charge on any atom is 0.132 e. The number of ether oxygens (including phenoxy) is 1. The summed E-state index contributed by atoms with van der Waals surface area (Å²) in [4.78, 5) is 0. The van der Waals surface area contributed by atoms with E-state index in [-0.39, 0.29) is 5.75 Å². The van der Waals surface area contributed by atoms with E-state index in [0.717, 1.165) is 33.6 Å². The molecule has 1 heterocycles. The van der Waals surface area contributed by atoms with Gasteiger partial charge in [0.05, 0.1) is 5.56 Å². The molecular formula is C22H20O2. The summed E-state index contributed by atoms with van der Waals surface area (Å²) in [6.07, 6.45) is 0. The average Bonchev–Trinajstić information content (AvgIpc) is 2.54.